The van der Waals surface area contributed by atoms with E-state index in [9.17, 15) is 9.59 Å². The lowest BCUT2D eigenvalue weighted by molar-refractivity contribution is 0.0846. The number of hydrogen-bond donors (Lipinski definition) is 2. The number of hydrazine groups is 1. The molecular weight excluding hydrogens is 352 g/mol. The summed E-state index contributed by atoms with van der Waals surface area (Å²) in [6.45, 7) is 4.28. The number of benzene rings is 3. The van der Waals surface area contributed by atoms with Gasteiger partial charge in [-0.2, -0.15) is 0 Å². The number of rotatable bonds is 5. The van der Waals surface area contributed by atoms with Gasteiger partial charge in [0.15, 0.2) is 0 Å². The van der Waals surface area contributed by atoms with E-state index in [1.54, 1.807) is 30.3 Å². The number of ether oxygens (including phenoxy) is 1. The topological polar surface area (TPSA) is 67.4 Å². The third kappa shape index (κ3) is 4.98. The molecule has 0 aliphatic rings. The fourth-order valence-corrected chi connectivity index (χ4v) is 2.76. The van der Waals surface area contributed by atoms with Crippen molar-refractivity contribution >= 4 is 11.8 Å². The summed E-state index contributed by atoms with van der Waals surface area (Å²) < 4.78 is 5.70. The minimum absolute atomic E-state index is 0.353. The standard InChI is InChI=1S/C23H22N2O3/c1-16-8-13-21(17(2)14-16)23(27)25-24-22(26)19-9-11-20(12-10-19)28-15-18-6-4-3-5-7-18/h3-14H,15H2,1-2H3,(H,24,26)(H,25,27). The highest BCUT2D eigenvalue weighted by Gasteiger charge is 2.11. The Morgan fingerprint density at radius 2 is 1.50 bits per heavy atom. The van der Waals surface area contributed by atoms with E-state index in [0.29, 0.717) is 23.5 Å². The van der Waals surface area contributed by atoms with Gasteiger partial charge in [-0.25, -0.2) is 0 Å². The van der Waals surface area contributed by atoms with Crippen LogP contribution in [0.5, 0.6) is 5.75 Å². The average Bonchev–Trinajstić information content (AvgIpc) is 2.71. The molecule has 3 rings (SSSR count). The molecule has 0 heterocycles. The van der Waals surface area contributed by atoms with Crippen LogP contribution in [0.15, 0.2) is 72.8 Å². The summed E-state index contributed by atoms with van der Waals surface area (Å²) in [6.07, 6.45) is 0. The molecule has 0 aliphatic carbocycles. The number of amides is 2. The minimum Gasteiger partial charge on any atom is -0.489 e. The second kappa shape index (κ2) is 8.86. The largest absolute Gasteiger partial charge is 0.489 e. The zero-order chi connectivity index (χ0) is 19.9. The first-order valence-corrected chi connectivity index (χ1v) is 8.97. The van der Waals surface area contributed by atoms with Gasteiger partial charge in [-0.05, 0) is 55.3 Å². The van der Waals surface area contributed by atoms with Gasteiger partial charge in [0.1, 0.15) is 12.4 Å². The summed E-state index contributed by atoms with van der Waals surface area (Å²) in [4.78, 5) is 24.5. The Morgan fingerprint density at radius 3 is 2.18 bits per heavy atom. The molecule has 0 atom stereocenters. The Balaban J connectivity index is 1.53. The maximum Gasteiger partial charge on any atom is 0.269 e. The molecule has 3 aromatic rings. The van der Waals surface area contributed by atoms with Crippen molar-refractivity contribution in [2.24, 2.45) is 0 Å². The highest BCUT2D eigenvalue weighted by atomic mass is 16.5. The molecule has 0 bridgehead atoms. The van der Waals surface area contributed by atoms with E-state index < -0.39 is 5.91 Å². The first kappa shape index (κ1) is 19.2. The van der Waals surface area contributed by atoms with Crippen LogP contribution in [0.4, 0.5) is 0 Å². The lowest BCUT2D eigenvalue weighted by atomic mass is 10.1. The van der Waals surface area contributed by atoms with Gasteiger partial charge >= 0.3 is 0 Å². The Kier molecular flexibility index (Phi) is 6.07. The lowest BCUT2D eigenvalue weighted by Gasteiger charge is -2.10. The van der Waals surface area contributed by atoms with Crippen molar-refractivity contribution in [3.63, 3.8) is 0 Å². The molecule has 0 aromatic heterocycles. The Hall–Kier alpha value is -3.60. The van der Waals surface area contributed by atoms with Gasteiger partial charge in [-0.15, -0.1) is 0 Å². The van der Waals surface area contributed by atoms with Crippen molar-refractivity contribution in [1.29, 1.82) is 0 Å². The first-order valence-electron chi connectivity index (χ1n) is 8.97. The molecule has 28 heavy (non-hydrogen) atoms. The quantitative estimate of drug-likeness (QED) is 0.665. The maximum absolute atomic E-state index is 12.2. The molecule has 0 fully saturated rings. The average molecular weight is 374 g/mol. The summed E-state index contributed by atoms with van der Waals surface area (Å²) >= 11 is 0. The molecule has 142 valence electrons. The maximum atomic E-state index is 12.2. The zero-order valence-corrected chi connectivity index (χ0v) is 15.9. The SMILES string of the molecule is Cc1ccc(C(=O)NNC(=O)c2ccc(OCc3ccccc3)cc2)c(C)c1. The highest BCUT2D eigenvalue weighted by molar-refractivity contribution is 5.99. The first-order chi connectivity index (χ1) is 13.5. The molecule has 0 saturated heterocycles. The van der Waals surface area contributed by atoms with Crippen LogP contribution in [0, 0.1) is 13.8 Å². The number of hydrogen-bond acceptors (Lipinski definition) is 3. The van der Waals surface area contributed by atoms with E-state index >= 15 is 0 Å². The Labute approximate surface area is 164 Å². The third-order valence-electron chi connectivity index (χ3n) is 4.28. The molecule has 0 radical (unpaired) electrons. The number of nitrogens with one attached hydrogen (secondary N) is 2. The smallest absolute Gasteiger partial charge is 0.269 e. The highest BCUT2D eigenvalue weighted by Crippen LogP contribution is 2.14. The Bertz CT molecular complexity index is 967. The van der Waals surface area contributed by atoms with Gasteiger partial charge in [0, 0.05) is 11.1 Å². The van der Waals surface area contributed by atoms with Crippen molar-refractivity contribution in [2.45, 2.75) is 20.5 Å². The molecule has 2 N–H and O–H groups in total. The van der Waals surface area contributed by atoms with Gasteiger partial charge in [0.25, 0.3) is 11.8 Å². The van der Waals surface area contributed by atoms with E-state index in [1.807, 2.05) is 56.3 Å². The second-order valence-corrected chi connectivity index (χ2v) is 6.53. The summed E-state index contributed by atoms with van der Waals surface area (Å²) in [7, 11) is 0. The van der Waals surface area contributed by atoms with Crippen LogP contribution in [-0.2, 0) is 6.61 Å². The number of carbonyl (C=O) groups excluding carboxylic acids is 2. The summed E-state index contributed by atoms with van der Waals surface area (Å²) in [5, 5.41) is 0. The normalized spacial score (nSPS) is 10.2. The molecular formula is C23H22N2O3. The predicted molar refractivity (Wildman–Crippen MR) is 108 cm³/mol. The van der Waals surface area contributed by atoms with Gasteiger partial charge in [0.2, 0.25) is 0 Å². The van der Waals surface area contributed by atoms with Crippen LogP contribution in [0.1, 0.15) is 37.4 Å². The van der Waals surface area contributed by atoms with Crippen LogP contribution >= 0.6 is 0 Å². The lowest BCUT2D eigenvalue weighted by Crippen LogP contribution is -2.41. The van der Waals surface area contributed by atoms with Crippen LogP contribution < -0.4 is 15.6 Å². The predicted octanol–water partition coefficient (Wildman–Crippen LogP) is 3.96. The van der Waals surface area contributed by atoms with Crippen LogP contribution in [-0.4, -0.2) is 11.8 Å². The minimum atomic E-state index is -0.396. The summed E-state index contributed by atoms with van der Waals surface area (Å²) in [5.74, 6) is -0.0823. The molecule has 2 amide bonds. The van der Waals surface area contributed by atoms with Gasteiger partial charge in [0.05, 0.1) is 0 Å². The molecule has 3 aromatic carbocycles. The number of aryl methyl sites for hydroxylation is 2. The monoisotopic (exact) mass is 374 g/mol. The third-order valence-corrected chi connectivity index (χ3v) is 4.28. The molecule has 0 unspecified atom stereocenters. The van der Waals surface area contributed by atoms with E-state index in [0.717, 1.165) is 16.7 Å². The molecule has 5 nitrogen and oxygen atoms in total. The van der Waals surface area contributed by atoms with Crippen molar-refractivity contribution < 1.29 is 14.3 Å². The zero-order valence-electron chi connectivity index (χ0n) is 15.9. The number of carbonyl (C=O) groups is 2. The van der Waals surface area contributed by atoms with Crippen molar-refractivity contribution in [3.05, 3.63) is 101 Å². The van der Waals surface area contributed by atoms with Crippen LogP contribution in [0.2, 0.25) is 0 Å². The summed E-state index contributed by atoms with van der Waals surface area (Å²) in [5.41, 5.74) is 8.83. The van der Waals surface area contributed by atoms with Crippen molar-refractivity contribution in [2.75, 3.05) is 0 Å². The van der Waals surface area contributed by atoms with Gasteiger partial charge < -0.3 is 4.74 Å². The summed E-state index contributed by atoms with van der Waals surface area (Å²) in [6, 6.07) is 22.1. The van der Waals surface area contributed by atoms with E-state index in [4.69, 9.17) is 4.74 Å². The van der Waals surface area contributed by atoms with Crippen molar-refractivity contribution in [3.8, 4) is 5.75 Å². The van der Waals surface area contributed by atoms with Crippen LogP contribution in [0.25, 0.3) is 0 Å². The molecule has 0 spiro atoms. The Morgan fingerprint density at radius 1 is 0.821 bits per heavy atom. The van der Waals surface area contributed by atoms with E-state index in [-0.39, 0.29) is 5.91 Å². The fourth-order valence-electron chi connectivity index (χ4n) is 2.76. The molecule has 5 heteroatoms. The van der Waals surface area contributed by atoms with Gasteiger partial charge in [-0.1, -0.05) is 48.0 Å². The van der Waals surface area contributed by atoms with Crippen molar-refractivity contribution in [1.82, 2.24) is 10.9 Å². The molecule has 0 aliphatic heterocycles. The fraction of sp³-hybridized carbons (Fsp3) is 0.130. The second-order valence-electron chi connectivity index (χ2n) is 6.53. The van der Waals surface area contributed by atoms with E-state index in [1.165, 1.54) is 0 Å². The molecule has 0 saturated carbocycles. The van der Waals surface area contributed by atoms with Crippen LogP contribution in [0.3, 0.4) is 0 Å². The van der Waals surface area contributed by atoms with Gasteiger partial charge in [-0.3, -0.25) is 20.4 Å². The van der Waals surface area contributed by atoms with E-state index in [2.05, 4.69) is 10.9 Å².